The lowest BCUT2D eigenvalue weighted by atomic mass is 10.3. The van der Waals surface area contributed by atoms with E-state index in [0.717, 1.165) is 24.4 Å². The van der Waals surface area contributed by atoms with Crippen LogP contribution in [0.3, 0.4) is 0 Å². The van der Waals surface area contributed by atoms with Gasteiger partial charge in [-0.3, -0.25) is 0 Å². The molecular weight excluding hydrogens is 260 g/mol. The van der Waals surface area contributed by atoms with Gasteiger partial charge in [-0.2, -0.15) is 5.10 Å². The van der Waals surface area contributed by atoms with Gasteiger partial charge in [-0.15, -0.1) is 0 Å². The molecule has 0 saturated heterocycles. The number of nitrogens with zero attached hydrogens (tertiary/aromatic N) is 4. The summed E-state index contributed by atoms with van der Waals surface area (Å²) in [6.07, 6.45) is 3.77. The highest BCUT2D eigenvalue weighted by Crippen LogP contribution is 2.38. The lowest BCUT2D eigenvalue weighted by Gasteiger charge is -2.07. The van der Waals surface area contributed by atoms with E-state index >= 15 is 0 Å². The summed E-state index contributed by atoms with van der Waals surface area (Å²) in [7, 11) is 1.61. The Kier molecular flexibility index (Phi) is 3.19. The summed E-state index contributed by atoms with van der Waals surface area (Å²) < 4.78 is 6.56. The number of carboxylic acid groups (broad SMARTS) is 1. The van der Waals surface area contributed by atoms with Gasteiger partial charge in [0.25, 0.3) is 0 Å². The Morgan fingerprint density at radius 3 is 2.90 bits per heavy atom. The van der Waals surface area contributed by atoms with E-state index in [0.29, 0.717) is 18.3 Å². The smallest absolute Gasteiger partial charge is 0.356 e. The number of aromatic carboxylic acids is 1. The van der Waals surface area contributed by atoms with Crippen LogP contribution in [0.5, 0.6) is 0 Å². The molecule has 2 aromatic heterocycles. The van der Waals surface area contributed by atoms with E-state index in [2.05, 4.69) is 15.1 Å². The van der Waals surface area contributed by atoms with Gasteiger partial charge in [0, 0.05) is 25.3 Å². The minimum absolute atomic E-state index is 0.00937. The van der Waals surface area contributed by atoms with Crippen molar-refractivity contribution >= 4 is 5.97 Å². The molecule has 0 aromatic carbocycles. The van der Waals surface area contributed by atoms with Gasteiger partial charge in [-0.05, 0) is 18.9 Å². The largest absolute Gasteiger partial charge is 0.476 e. The van der Waals surface area contributed by atoms with Crippen molar-refractivity contribution in [1.82, 2.24) is 19.7 Å². The third kappa shape index (κ3) is 2.53. The van der Waals surface area contributed by atoms with Crippen molar-refractivity contribution in [3.63, 3.8) is 0 Å². The molecule has 0 unspecified atom stereocenters. The third-order valence-corrected chi connectivity index (χ3v) is 3.06. The minimum atomic E-state index is -1.06. The second-order valence-corrected chi connectivity index (χ2v) is 4.73. The molecule has 0 radical (unpaired) electrons. The molecule has 0 spiro atoms. The second kappa shape index (κ2) is 5.01. The number of carbonyl (C=O) groups is 1. The molecule has 2 heterocycles. The molecule has 3 rings (SSSR count). The zero-order valence-electron chi connectivity index (χ0n) is 11.0. The predicted octanol–water partition coefficient (Wildman–Crippen LogP) is 1.38. The first kappa shape index (κ1) is 12.7. The topological polar surface area (TPSA) is 90.1 Å². The summed E-state index contributed by atoms with van der Waals surface area (Å²) in [6, 6.07) is 3.20. The normalized spacial score (nSPS) is 14.4. The number of carboxylic acids is 1. The second-order valence-electron chi connectivity index (χ2n) is 4.73. The lowest BCUT2D eigenvalue weighted by molar-refractivity contribution is 0.0690. The Morgan fingerprint density at radius 1 is 1.50 bits per heavy atom. The zero-order chi connectivity index (χ0) is 14.1. The number of methoxy groups -OCH3 is 1. The van der Waals surface area contributed by atoms with Crippen LogP contribution in [0.15, 0.2) is 18.3 Å². The molecule has 0 bridgehead atoms. The minimum Gasteiger partial charge on any atom is -0.476 e. The Morgan fingerprint density at radius 2 is 2.30 bits per heavy atom. The van der Waals surface area contributed by atoms with Gasteiger partial charge in [0.15, 0.2) is 11.5 Å². The van der Waals surface area contributed by atoms with Crippen LogP contribution in [0, 0.1) is 0 Å². The Balaban J connectivity index is 1.99. The maximum atomic E-state index is 10.9. The number of aromatic nitrogens is 4. The van der Waals surface area contributed by atoms with Gasteiger partial charge in [-0.25, -0.2) is 19.4 Å². The van der Waals surface area contributed by atoms with Gasteiger partial charge < -0.3 is 9.84 Å². The summed E-state index contributed by atoms with van der Waals surface area (Å²) in [5.74, 6) is 0.695. The van der Waals surface area contributed by atoms with Crippen LogP contribution in [-0.2, 0) is 11.3 Å². The summed E-state index contributed by atoms with van der Waals surface area (Å²) in [6.45, 7) is 0.391. The quantitative estimate of drug-likeness (QED) is 0.886. The van der Waals surface area contributed by atoms with Crippen LogP contribution in [0.25, 0.3) is 5.82 Å². The van der Waals surface area contributed by atoms with Crippen molar-refractivity contribution in [2.24, 2.45) is 0 Å². The highest BCUT2D eigenvalue weighted by molar-refractivity contribution is 5.85. The van der Waals surface area contributed by atoms with Crippen molar-refractivity contribution in [2.75, 3.05) is 7.11 Å². The van der Waals surface area contributed by atoms with Crippen molar-refractivity contribution in [2.45, 2.75) is 25.4 Å². The van der Waals surface area contributed by atoms with Gasteiger partial charge in [-0.1, -0.05) is 0 Å². The summed E-state index contributed by atoms with van der Waals surface area (Å²) in [4.78, 5) is 19.8. The van der Waals surface area contributed by atoms with Crippen LogP contribution >= 0.6 is 0 Å². The maximum Gasteiger partial charge on any atom is 0.356 e. The lowest BCUT2D eigenvalue weighted by Crippen LogP contribution is -2.07. The Hall–Kier alpha value is -2.28. The van der Waals surface area contributed by atoms with E-state index in [1.54, 1.807) is 19.4 Å². The van der Waals surface area contributed by atoms with Gasteiger partial charge in [0.05, 0.1) is 12.3 Å². The van der Waals surface area contributed by atoms with E-state index in [1.807, 2.05) is 0 Å². The molecule has 1 fully saturated rings. The van der Waals surface area contributed by atoms with E-state index < -0.39 is 5.97 Å². The fraction of sp³-hybridized carbons (Fsp3) is 0.385. The molecule has 104 valence electrons. The van der Waals surface area contributed by atoms with Crippen LogP contribution in [0.1, 0.15) is 40.8 Å². The highest BCUT2D eigenvalue weighted by Gasteiger charge is 2.27. The van der Waals surface area contributed by atoms with Crippen molar-refractivity contribution in [1.29, 1.82) is 0 Å². The first-order chi connectivity index (χ1) is 9.67. The fourth-order valence-electron chi connectivity index (χ4n) is 1.93. The van der Waals surface area contributed by atoms with E-state index in [9.17, 15) is 4.79 Å². The highest BCUT2D eigenvalue weighted by atomic mass is 16.5. The molecular formula is C13H14N4O3. The zero-order valence-corrected chi connectivity index (χ0v) is 11.0. The molecule has 20 heavy (non-hydrogen) atoms. The third-order valence-electron chi connectivity index (χ3n) is 3.06. The molecule has 0 amide bonds. The molecule has 1 saturated carbocycles. The Bertz CT molecular complexity index is 649. The predicted molar refractivity (Wildman–Crippen MR) is 68.8 cm³/mol. The maximum absolute atomic E-state index is 10.9. The molecule has 0 aliphatic heterocycles. The molecule has 7 nitrogen and oxygen atoms in total. The molecule has 1 aliphatic carbocycles. The SMILES string of the molecule is COCc1cc(-n2ccc(C(=O)O)n2)nc(C2CC2)n1. The molecule has 1 N–H and O–H groups in total. The molecule has 0 atom stereocenters. The summed E-state index contributed by atoms with van der Waals surface area (Å²) in [5, 5.41) is 12.9. The number of hydrogen-bond donors (Lipinski definition) is 1. The first-order valence-corrected chi connectivity index (χ1v) is 6.33. The summed E-state index contributed by atoms with van der Waals surface area (Å²) >= 11 is 0. The molecule has 2 aromatic rings. The van der Waals surface area contributed by atoms with Crippen LogP contribution in [0.4, 0.5) is 0 Å². The number of hydrogen-bond acceptors (Lipinski definition) is 5. The van der Waals surface area contributed by atoms with Crippen LogP contribution in [-0.4, -0.2) is 37.9 Å². The van der Waals surface area contributed by atoms with E-state index in [-0.39, 0.29) is 5.69 Å². The van der Waals surface area contributed by atoms with Crippen LogP contribution in [0.2, 0.25) is 0 Å². The van der Waals surface area contributed by atoms with E-state index in [4.69, 9.17) is 9.84 Å². The average molecular weight is 274 g/mol. The number of ether oxygens (including phenoxy) is 1. The van der Waals surface area contributed by atoms with E-state index in [1.165, 1.54) is 10.7 Å². The van der Waals surface area contributed by atoms with Crippen molar-refractivity contribution in [3.05, 3.63) is 35.5 Å². The van der Waals surface area contributed by atoms with Crippen molar-refractivity contribution < 1.29 is 14.6 Å². The van der Waals surface area contributed by atoms with Gasteiger partial charge in [0.2, 0.25) is 0 Å². The molecule has 1 aliphatic rings. The summed E-state index contributed by atoms with van der Waals surface area (Å²) in [5.41, 5.74) is 0.761. The fourth-order valence-corrected chi connectivity index (χ4v) is 1.93. The van der Waals surface area contributed by atoms with Gasteiger partial charge in [0.1, 0.15) is 5.82 Å². The number of rotatable bonds is 5. The van der Waals surface area contributed by atoms with Crippen LogP contribution < -0.4 is 0 Å². The van der Waals surface area contributed by atoms with Crippen molar-refractivity contribution in [3.8, 4) is 5.82 Å². The standard InChI is InChI=1S/C13H14N4O3/c1-20-7-9-6-11(15-12(14-9)8-2-3-8)17-5-4-10(16-17)13(18)19/h4-6,8H,2-3,7H2,1H3,(H,18,19). The monoisotopic (exact) mass is 274 g/mol. The first-order valence-electron chi connectivity index (χ1n) is 6.33. The average Bonchev–Trinajstić information content (AvgIpc) is 3.15. The van der Waals surface area contributed by atoms with Gasteiger partial charge >= 0.3 is 5.97 Å². The molecule has 7 heteroatoms. The Labute approximate surface area is 115 Å².